The molecule has 3 rings (SSSR count). The Morgan fingerprint density at radius 2 is 1.68 bits per heavy atom. The molecule has 0 saturated carbocycles. The summed E-state index contributed by atoms with van der Waals surface area (Å²) >= 11 is 1.30. The van der Waals surface area contributed by atoms with Crippen LogP contribution in [0.25, 0.3) is 10.6 Å². The minimum Gasteiger partial charge on any atom is -0.444 e. The molecule has 0 fully saturated rings. The molecular formula is C16H13N3O2S. The third-order valence-electron chi connectivity index (χ3n) is 2.87. The number of hydrogen-bond donors (Lipinski definition) is 1. The van der Waals surface area contributed by atoms with Crippen molar-refractivity contribution < 1.29 is 9.53 Å². The van der Waals surface area contributed by atoms with Crippen LogP contribution in [0.5, 0.6) is 0 Å². The zero-order chi connectivity index (χ0) is 15.2. The van der Waals surface area contributed by atoms with Gasteiger partial charge in [0.2, 0.25) is 5.13 Å². The molecule has 1 N–H and O–H groups in total. The van der Waals surface area contributed by atoms with E-state index in [0.29, 0.717) is 5.13 Å². The first kappa shape index (κ1) is 14.2. The molecule has 0 bridgehead atoms. The van der Waals surface area contributed by atoms with Gasteiger partial charge in [-0.3, -0.25) is 5.32 Å². The number of ether oxygens (including phenoxy) is 1. The van der Waals surface area contributed by atoms with E-state index >= 15 is 0 Å². The van der Waals surface area contributed by atoms with Crippen LogP contribution in [0, 0.1) is 0 Å². The van der Waals surface area contributed by atoms with Crippen LogP contribution >= 0.6 is 11.3 Å². The van der Waals surface area contributed by atoms with Gasteiger partial charge in [0.15, 0.2) is 0 Å². The van der Waals surface area contributed by atoms with E-state index in [9.17, 15) is 4.79 Å². The molecular weight excluding hydrogens is 298 g/mol. The largest absolute Gasteiger partial charge is 0.444 e. The Labute approximate surface area is 131 Å². The molecule has 1 amide bonds. The normalized spacial score (nSPS) is 10.2. The van der Waals surface area contributed by atoms with Crippen molar-refractivity contribution >= 4 is 22.6 Å². The summed E-state index contributed by atoms with van der Waals surface area (Å²) < 4.78 is 5.14. The first-order valence-corrected chi connectivity index (χ1v) is 7.49. The molecule has 0 atom stereocenters. The standard InChI is InChI=1S/C16H13N3O2S/c20-16(21-11-12-7-3-1-4-8-12)17-15-19-18-14(22-15)13-9-5-2-6-10-13/h1-10H,11H2,(H,17,19,20). The Bertz CT molecular complexity index is 744. The number of carbonyl (C=O) groups excluding carboxylic acids is 1. The molecule has 0 radical (unpaired) electrons. The predicted octanol–water partition coefficient (Wildman–Crippen LogP) is 3.95. The molecule has 0 aliphatic carbocycles. The number of anilines is 1. The van der Waals surface area contributed by atoms with E-state index in [-0.39, 0.29) is 6.61 Å². The van der Waals surface area contributed by atoms with Gasteiger partial charge in [-0.15, -0.1) is 10.2 Å². The summed E-state index contributed by atoms with van der Waals surface area (Å²) in [6, 6.07) is 19.2. The van der Waals surface area contributed by atoms with Crippen molar-refractivity contribution in [3.05, 3.63) is 66.2 Å². The van der Waals surface area contributed by atoms with E-state index in [1.54, 1.807) is 0 Å². The van der Waals surface area contributed by atoms with Crippen molar-refractivity contribution in [2.24, 2.45) is 0 Å². The number of aromatic nitrogens is 2. The lowest BCUT2D eigenvalue weighted by Gasteiger charge is -2.04. The van der Waals surface area contributed by atoms with Gasteiger partial charge in [0.1, 0.15) is 11.6 Å². The van der Waals surface area contributed by atoms with E-state index < -0.39 is 6.09 Å². The molecule has 5 nitrogen and oxygen atoms in total. The highest BCUT2D eigenvalue weighted by atomic mass is 32.1. The lowest BCUT2D eigenvalue weighted by atomic mass is 10.2. The first-order valence-electron chi connectivity index (χ1n) is 6.68. The summed E-state index contributed by atoms with van der Waals surface area (Å²) in [5.41, 5.74) is 1.89. The number of nitrogens with zero attached hydrogens (tertiary/aromatic N) is 2. The van der Waals surface area contributed by atoms with Crippen LogP contribution < -0.4 is 5.32 Å². The number of benzene rings is 2. The van der Waals surface area contributed by atoms with E-state index in [1.165, 1.54) is 11.3 Å². The Kier molecular flexibility index (Phi) is 4.41. The molecule has 2 aromatic carbocycles. The fourth-order valence-corrected chi connectivity index (χ4v) is 2.55. The Balaban J connectivity index is 1.57. The third-order valence-corrected chi connectivity index (χ3v) is 3.76. The molecule has 0 spiro atoms. The minimum atomic E-state index is -0.542. The van der Waals surface area contributed by atoms with E-state index in [2.05, 4.69) is 15.5 Å². The van der Waals surface area contributed by atoms with Gasteiger partial charge in [-0.05, 0) is 5.56 Å². The average molecular weight is 311 g/mol. The first-order chi connectivity index (χ1) is 10.8. The molecule has 1 heterocycles. The zero-order valence-electron chi connectivity index (χ0n) is 11.6. The SMILES string of the molecule is O=C(Nc1nnc(-c2ccccc2)s1)OCc1ccccc1. The van der Waals surface area contributed by atoms with E-state index in [4.69, 9.17) is 4.74 Å². The minimum absolute atomic E-state index is 0.219. The molecule has 1 aromatic heterocycles. The van der Waals surface area contributed by atoms with Gasteiger partial charge in [-0.2, -0.15) is 0 Å². The molecule has 22 heavy (non-hydrogen) atoms. The van der Waals surface area contributed by atoms with Gasteiger partial charge in [0.25, 0.3) is 0 Å². The average Bonchev–Trinajstić information content (AvgIpc) is 3.03. The smallest absolute Gasteiger partial charge is 0.413 e. The maximum atomic E-state index is 11.7. The summed E-state index contributed by atoms with van der Waals surface area (Å²) in [5, 5.41) is 11.7. The van der Waals surface area contributed by atoms with Gasteiger partial charge in [-0.1, -0.05) is 72.0 Å². The molecule has 0 aliphatic rings. The fraction of sp³-hybridized carbons (Fsp3) is 0.0625. The zero-order valence-corrected chi connectivity index (χ0v) is 12.4. The van der Waals surface area contributed by atoms with E-state index in [0.717, 1.165) is 16.1 Å². The second kappa shape index (κ2) is 6.82. The maximum absolute atomic E-state index is 11.7. The van der Waals surface area contributed by atoms with Crippen LogP contribution in [-0.4, -0.2) is 16.3 Å². The molecule has 0 saturated heterocycles. The summed E-state index contributed by atoms with van der Waals surface area (Å²) in [4.78, 5) is 11.7. The van der Waals surface area contributed by atoms with Crippen molar-refractivity contribution in [3.63, 3.8) is 0 Å². The topological polar surface area (TPSA) is 64.1 Å². The van der Waals surface area contributed by atoms with E-state index in [1.807, 2.05) is 60.7 Å². The number of rotatable bonds is 4. The molecule has 6 heteroatoms. The second-order valence-electron chi connectivity index (χ2n) is 4.47. The van der Waals surface area contributed by atoms with Crippen molar-refractivity contribution in [1.29, 1.82) is 0 Å². The summed E-state index contributed by atoms with van der Waals surface area (Å²) in [6.07, 6.45) is -0.542. The molecule has 3 aromatic rings. The van der Waals surface area contributed by atoms with Crippen LogP contribution in [0.3, 0.4) is 0 Å². The quantitative estimate of drug-likeness (QED) is 0.792. The Morgan fingerprint density at radius 3 is 2.41 bits per heavy atom. The van der Waals surface area contributed by atoms with Gasteiger partial charge in [0.05, 0.1) is 0 Å². The van der Waals surface area contributed by atoms with Crippen LogP contribution in [0.1, 0.15) is 5.56 Å². The van der Waals surface area contributed by atoms with Gasteiger partial charge < -0.3 is 4.74 Å². The number of hydrogen-bond acceptors (Lipinski definition) is 5. The highest BCUT2D eigenvalue weighted by Gasteiger charge is 2.10. The lowest BCUT2D eigenvalue weighted by molar-refractivity contribution is 0.155. The van der Waals surface area contributed by atoms with Crippen molar-refractivity contribution in [2.45, 2.75) is 6.61 Å². The van der Waals surface area contributed by atoms with Crippen molar-refractivity contribution in [1.82, 2.24) is 10.2 Å². The highest BCUT2D eigenvalue weighted by molar-refractivity contribution is 7.18. The summed E-state index contributed by atoms with van der Waals surface area (Å²) in [5.74, 6) is 0. The Morgan fingerprint density at radius 1 is 1.00 bits per heavy atom. The van der Waals surface area contributed by atoms with Crippen LogP contribution in [0.2, 0.25) is 0 Å². The molecule has 110 valence electrons. The van der Waals surface area contributed by atoms with Crippen LogP contribution in [0.4, 0.5) is 9.93 Å². The van der Waals surface area contributed by atoms with Crippen molar-refractivity contribution in [3.8, 4) is 10.6 Å². The van der Waals surface area contributed by atoms with Gasteiger partial charge >= 0.3 is 6.09 Å². The molecule has 0 unspecified atom stereocenters. The van der Waals surface area contributed by atoms with Crippen molar-refractivity contribution in [2.75, 3.05) is 5.32 Å². The predicted molar refractivity (Wildman–Crippen MR) is 85.6 cm³/mol. The van der Waals surface area contributed by atoms with Crippen LogP contribution in [0.15, 0.2) is 60.7 Å². The molecule has 0 aliphatic heterocycles. The highest BCUT2D eigenvalue weighted by Crippen LogP contribution is 2.25. The number of nitrogens with one attached hydrogen (secondary N) is 1. The number of carbonyl (C=O) groups is 1. The number of amides is 1. The second-order valence-corrected chi connectivity index (χ2v) is 5.44. The van der Waals surface area contributed by atoms with Gasteiger partial charge in [-0.25, -0.2) is 4.79 Å². The van der Waals surface area contributed by atoms with Gasteiger partial charge in [0, 0.05) is 5.56 Å². The maximum Gasteiger partial charge on any atom is 0.413 e. The third kappa shape index (κ3) is 3.67. The van der Waals surface area contributed by atoms with Crippen LogP contribution in [-0.2, 0) is 11.3 Å². The fourth-order valence-electron chi connectivity index (χ4n) is 1.82. The monoisotopic (exact) mass is 311 g/mol. The Hall–Kier alpha value is -2.73. The lowest BCUT2D eigenvalue weighted by Crippen LogP contribution is -2.13. The summed E-state index contributed by atoms with van der Waals surface area (Å²) in [7, 11) is 0. The summed E-state index contributed by atoms with van der Waals surface area (Å²) in [6.45, 7) is 0.219.